The highest BCUT2D eigenvalue weighted by Gasteiger charge is 2.41. The van der Waals surface area contributed by atoms with Crippen molar-refractivity contribution >= 4 is 62.9 Å². The molecule has 71 heavy (non-hydrogen) atoms. The number of carbonyl (C=O) groups is 5. The lowest BCUT2D eigenvalue weighted by atomic mass is 9.98. The van der Waals surface area contributed by atoms with Gasteiger partial charge >= 0.3 is 5.97 Å². The van der Waals surface area contributed by atoms with E-state index in [0.29, 0.717) is 92.1 Å². The van der Waals surface area contributed by atoms with E-state index in [1.807, 2.05) is 76.7 Å². The van der Waals surface area contributed by atoms with Crippen LogP contribution in [0.2, 0.25) is 5.02 Å². The molecule has 0 bridgehead atoms. The molecule has 2 aromatic heterocycles. The number of nitrogens with zero attached hydrogens (tertiary/aromatic N) is 6. The average molecular weight is 989 g/mol. The predicted octanol–water partition coefficient (Wildman–Crippen LogP) is 7.94. The van der Waals surface area contributed by atoms with Gasteiger partial charge in [-0.15, -0.1) is 0 Å². The molecular formula is C54H59ClFN7O8. The molecule has 4 aromatic carbocycles. The van der Waals surface area contributed by atoms with Gasteiger partial charge in [0.05, 0.1) is 29.4 Å². The SMILES string of the molecule is Cc1nn(C)c(C)c1-c1c(Cl)ccc2c(CCCOc3cccc4cc(F)ccc34)c(C(=O)OC(C)(C)C)n(CCN3CCN(C(=O)[C@H](C)Oc4cccc5c4CN(C4CCC(=O)NC4=O)C5=O)CC3)c12. The van der Waals surface area contributed by atoms with E-state index in [0.717, 1.165) is 49.8 Å². The lowest BCUT2D eigenvalue weighted by Gasteiger charge is -2.36. The number of halogens is 2. The molecule has 4 amide bonds. The first-order chi connectivity index (χ1) is 33.9. The maximum atomic E-state index is 14.7. The molecule has 372 valence electrons. The number of benzene rings is 4. The number of hydrogen-bond donors (Lipinski definition) is 1. The van der Waals surface area contributed by atoms with Crippen molar-refractivity contribution in [2.75, 3.05) is 39.3 Å². The van der Waals surface area contributed by atoms with Gasteiger partial charge < -0.3 is 28.6 Å². The lowest BCUT2D eigenvalue weighted by Crippen LogP contribution is -2.52. The van der Waals surface area contributed by atoms with E-state index in [4.69, 9.17) is 30.9 Å². The second kappa shape index (κ2) is 19.8. The number of fused-ring (bicyclic) bond motifs is 3. The fourth-order valence-corrected chi connectivity index (χ4v) is 10.5. The highest BCUT2D eigenvalue weighted by Crippen LogP contribution is 2.43. The molecule has 0 saturated carbocycles. The highest BCUT2D eigenvalue weighted by atomic mass is 35.5. The van der Waals surface area contributed by atoms with Crippen LogP contribution in [0.4, 0.5) is 4.39 Å². The van der Waals surface area contributed by atoms with Crippen molar-refractivity contribution in [3.8, 4) is 22.6 Å². The van der Waals surface area contributed by atoms with Crippen molar-refractivity contribution in [3.05, 3.63) is 111 Å². The van der Waals surface area contributed by atoms with Crippen molar-refractivity contribution in [2.45, 2.75) is 98.1 Å². The highest BCUT2D eigenvalue weighted by molar-refractivity contribution is 6.35. The molecule has 6 aromatic rings. The molecule has 0 aliphatic carbocycles. The monoisotopic (exact) mass is 987 g/mol. The van der Waals surface area contributed by atoms with Gasteiger partial charge in [-0.1, -0.05) is 35.9 Å². The Bertz CT molecular complexity index is 3110. The van der Waals surface area contributed by atoms with Crippen LogP contribution in [0.25, 0.3) is 32.8 Å². The zero-order chi connectivity index (χ0) is 50.5. The number of piperidine rings is 1. The fourth-order valence-electron chi connectivity index (χ4n) is 10.3. The molecule has 0 radical (unpaired) electrons. The molecule has 1 N–H and O–H groups in total. The van der Waals surface area contributed by atoms with Crippen LogP contribution in [-0.4, -0.2) is 116 Å². The van der Waals surface area contributed by atoms with Gasteiger partial charge in [0.15, 0.2) is 6.10 Å². The Kier molecular flexibility index (Phi) is 13.7. The fraction of sp³-hybridized carbons (Fsp3) is 0.407. The second-order valence-electron chi connectivity index (χ2n) is 19.7. The molecule has 17 heteroatoms. The van der Waals surface area contributed by atoms with Crippen LogP contribution in [-0.2, 0) is 45.7 Å². The number of nitrogens with one attached hydrogen (secondary N) is 1. The average Bonchev–Trinajstić information content (AvgIpc) is 3.92. The summed E-state index contributed by atoms with van der Waals surface area (Å²) in [5.74, 6) is -1.09. The zero-order valence-electron chi connectivity index (χ0n) is 41.2. The van der Waals surface area contributed by atoms with Crippen LogP contribution in [0.5, 0.6) is 11.5 Å². The number of ether oxygens (including phenoxy) is 3. The second-order valence-corrected chi connectivity index (χ2v) is 20.1. The smallest absolute Gasteiger partial charge is 0.355 e. The molecule has 2 fully saturated rings. The van der Waals surface area contributed by atoms with Crippen LogP contribution in [0.3, 0.4) is 0 Å². The summed E-state index contributed by atoms with van der Waals surface area (Å²) in [5.41, 5.74) is 5.67. The van der Waals surface area contributed by atoms with E-state index in [1.54, 1.807) is 36.1 Å². The van der Waals surface area contributed by atoms with E-state index < -0.39 is 29.6 Å². The van der Waals surface area contributed by atoms with Gasteiger partial charge in [0.25, 0.3) is 11.8 Å². The maximum absolute atomic E-state index is 14.7. The van der Waals surface area contributed by atoms with Crippen LogP contribution in [0.15, 0.2) is 66.7 Å². The Morgan fingerprint density at radius 1 is 0.930 bits per heavy atom. The Morgan fingerprint density at radius 2 is 1.66 bits per heavy atom. The van der Waals surface area contributed by atoms with E-state index in [1.165, 1.54) is 17.0 Å². The molecule has 15 nitrogen and oxygen atoms in total. The number of carbonyl (C=O) groups excluding carboxylic acids is 5. The van der Waals surface area contributed by atoms with E-state index in [9.17, 15) is 28.4 Å². The summed E-state index contributed by atoms with van der Waals surface area (Å²) in [4.78, 5) is 72.0. The van der Waals surface area contributed by atoms with Gasteiger partial charge in [-0.3, -0.25) is 34.1 Å². The number of hydrogen-bond acceptors (Lipinski definition) is 10. The minimum atomic E-state index is -0.863. The van der Waals surface area contributed by atoms with Gasteiger partial charge in [-0.25, -0.2) is 9.18 Å². The molecule has 5 heterocycles. The Hall–Kier alpha value is -6.78. The van der Waals surface area contributed by atoms with Gasteiger partial charge in [0.1, 0.15) is 34.7 Å². The normalized spacial score (nSPS) is 17.0. The third-order valence-corrected chi connectivity index (χ3v) is 14.1. The number of rotatable bonds is 14. The van der Waals surface area contributed by atoms with Gasteiger partial charge in [-0.2, -0.15) is 5.10 Å². The molecule has 1 unspecified atom stereocenters. The molecule has 3 aliphatic rings. The number of esters is 1. The Labute approximate surface area is 416 Å². The van der Waals surface area contributed by atoms with Gasteiger partial charge in [0, 0.05) is 91.5 Å². The summed E-state index contributed by atoms with van der Waals surface area (Å²) in [6, 6.07) is 18.4. The molecule has 3 aliphatic heterocycles. The number of aromatic nitrogens is 3. The summed E-state index contributed by atoms with van der Waals surface area (Å²) in [5, 5.41) is 10.0. The zero-order valence-corrected chi connectivity index (χ0v) is 42.0. The van der Waals surface area contributed by atoms with E-state index >= 15 is 0 Å². The summed E-state index contributed by atoms with van der Waals surface area (Å²) in [6.07, 6.45) is 0.558. The van der Waals surface area contributed by atoms with E-state index in [2.05, 4.69) is 14.8 Å². The molecular weight excluding hydrogens is 929 g/mol. The van der Waals surface area contributed by atoms with Crippen LogP contribution < -0.4 is 14.8 Å². The van der Waals surface area contributed by atoms with Crippen molar-refractivity contribution in [1.29, 1.82) is 0 Å². The maximum Gasteiger partial charge on any atom is 0.355 e. The number of amides is 4. The standard InChI is InChI=1S/C54H59ClFN7O8/c1-31-46(32(2)59(7)58-31)47-41(55)19-18-38-37(13-10-28-69-43-14-8-11-34-29-35(56)16-17-36(34)43)49(53(68)71-54(4,5)6)62(48(38)47)27-24-60-22-25-61(26-23-60)51(66)33(3)70-44-15-9-12-39-40(44)30-63(52(39)67)42-20-21-45(64)57-50(42)65/h8-9,11-12,14-19,29,33,42H,10,13,20-28,30H2,1-7H3,(H,57,64,65)/t33-,42?/m0/s1. The first-order valence-electron chi connectivity index (χ1n) is 24.2. The van der Waals surface area contributed by atoms with Crippen LogP contribution in [0.1, 0.15) is 90.3 Å². The first-order valence-corrected chi connectivity index (χ1v) is 24.6. The Morgan fingerprint density at radius 3 is 2.38 bits per heavy atom. The molecule has 2 saturated heterocycles. The van der Waals surface area contributed by atoms with Crippen LogP contribution >= 0.6 is 11.6 Å². The third-order valence-electron chi connectivity index (χ3n) is 13.8. The van der Waals surface area contributed by atoms with Crippen molar-refractivity contribution in [3.63, 3.8) is 0 Å². The minimum absolute atomic E-state index is 0.129. The third kappa shape index (κ3) is 9.83. The summed E-state index contributed by atoms with van der Waals surface area (Å²) in [7, 11) is 1.90. The van der Waals surface area contributed by atoms with Crippen molar-refractivity contribution in [1.82, 2.24) is 34.4 Å². The van der Waals surface area contributed by atoms with Gasteiger partial charge in [-0.05, 0) is 114 Å². The van der Waals surface area contributed by atoms with Crippen molar-refractivity contribution in [2.24, 2.45) is 7.05 Å². The Balaban J connectivity index is 0.946. The van der Waals surface area contributed by atoms with Crippen molar-refractivity contribution < 1.29 is 42.6 Å². The number of piperazine rings is 1. The summed E-state index contributed by atoms with van der Waals surface area (Å²) in [6.45, 7) is 14.6. The largest absolute Gasteiger partial charge is 0.493 e. The summed E-state index contributed by atoms with van der Waals surface area (Å²) >= 11 is 7.21. The number of aryl methyl sites for hydroxylation is 3. The van der Waals surface area contributed by atoms with Crippen LogP contribution in [0, 0.1) is 19.7 Å². The minimum Gasteiger partial charge on any atom is -0.493 e. The van der Waals surface area contributed by atoms with Gasteiger partial charge in [0.2, 0.25) is 11.8 Å². The summed E-state index contributed by atoms with van der Waals surface area (Å²) < 4.78 is 36.7. The quantitative estimate of drug-likeness (QED) is 0.0646. The lowest BCUT2D eigenvalue weighted by molar-refractivity contribution is -0.140. The molecule has 2 atom stereocenters. The topological polar surface area (TPSA) is 158 Å². The number of imide groups is 1. The predicted molar refractivity (Wildman–Crippen MR) is 267 cm³/mol. The van der Waals surface area contributed by atoms with E-state index in [-0.39, 0.29) is 42.9 Å². The first kappa shape index (κ1) is 49.2. The molecule has 0 spiro atoms. The molecule has 9 rings (SSSR count).